The van der Waals surface area contributed by atoms with E-state index in [1.54, 1.807) is 14.2 Å². The molecule has 18 heavy (non-hydrogen) atoms. The molecule has 1 aromatic rings. The van der Waals surface area contributed by atoms with Gasteiger partial charge in [0.15, 0.2) is 0 Å². The van der Waals surface area contributed by atoms with Gasteiger partial charge in [0, 0.05) is 24.1 Å². The van der Waals surface area contributed by atoms with Gasteiger partial charge in [-0.05, 0) is 25.5 Å². The fraction of sp³-hybridized carbons (Fsp3) is 0.385. The molecule has 5 nitrogen and oxygen atoms in total. The second kappa shape index (κ2) is 5.53. The maximum Gasteiger partial charge on any atom is 0.243 e. The number of nitrogens with zero attached hydrogens (tertiary/aromatic N) is 1. The molecule has 5 heteroatoms. The van der Waals surface area contributed by atoms with Crippen molar-refractivity contribution >= 4 is 6.08 Å². The highest BCUT2D eigenvalue weighted by molar-refractivity contribution is 5.67. The van der Waals surface area contributed by atoms with E-state index in [-0.39, 0.29) is 5.70 Å². The maximum atomic E-state index is 10.7. The van der Waals surface area contributed by atoms with Crippen molar-refractivity contribution in [3.8, 4) is 11.5 Å². The first-order chi connectivity index (χ1) is 8.42. The number of methoxy groups -OCH3 is 2. The number of ether oxygens (including phenoxy) is 2. The molecule has 1 rings (SSSR count). The molecule has 0 aliphatic rings. The average Bonchev–Trinajstić information content (AvgIpc) is 2.33. The van der Waals surface area contributed by atoms with Gasteiger partial charge in [-0.2, -0.15) is 0 Å². The minimum absolute atomic E-state index is 0.0593. The summed E-state index contributed by atoms with van der Waals surface area (Å²) >= 11 is 0. The van der Waals surface area contributed by atoms with Crippen LogP contribution in [0.5, 0.6) is 11.5 Å². The van der Waals surface area contributed by atoms with E-state index in [0.29, 0.717) is 17.1 Å². The normalized spacial score (nSPS) is 11.3. The first-order valence-electron chi connectivity index (χ1n) is 5.47. The Bertz CT molecular complexity index is 506. The molecule has 0 atom stereocenters. The van der Waals surface area contributed by atoms with E-state index in [9.17, 15) is 10.1 Å². The molecular weight excluding hydrogens is 234 g/mol. The van der Waals surface area contributed by atoms with E-state index in [2.05, 4.69) is 0 Å². The fourth-order valence-electron chi connectivity index (χ4n) is 1.80. The summed E-state index contributed by atoms with van der Waals surface area (Å²) in [6, 6.07) is 1.85. The zero-order valence-corrected chi connectivity index (χ0v) is 11.2. The van der Waals surface area contributed by atoms with Crippen molar-refractivity contribution in [1.29, 1.82) is 0 Å². The van der Waals surface area contributed by atoms with Crippen molar-refractivity contribution in [2.75, 3.05) is 14.2 Å². The molecule has 0 unspecified atom stereocenters. The highest BCUT2D eigenvalue weighted by Crippen LogP contribution is 2.35. The van der Waals surface area contributed by atoms with Crippen LogP contribution >= 0.6 is 0 Å². The lowest BCUT2D eigenvalue weighted by Gasteiger charge is -2.15. The molecule has 0 bridgehead atoms. The van der Waals surface area contributed by atoms with Crippen molar-refractivity contribution in [3.63, 3.8) is 0 Å². The molecule has 0 amide bonds. The van der Waals surface area contributed by atoms with Crippen molar-refractivity contribution in [2.45, 2.75) is 20.8 Å². The van der Waals surface area contributed by atoms with Gasteiger partial charge in [0.25, 0.3) is 0 Å². The van der Waals surface area contributed by atoms with Crippen molar-refractivity contribution in [3.05, 3.63) is 38.6 Å². The average molecular weight is 251 g/mol. The molecule has 0 saturated heterocycles. The van der Waals surface area contributed by atoms with Gasteiger partial charge in [0.2, 0.25) is 5.70 Å². The number of rotatable bonds is 4. The van der Waals surface area contributed by atoms with Gasteiger partial charge >= 0.3 is 0 Å². The molecular formula is C13H17NO4. The molecule has 0 saturated carbocycles. The molecule has 0 radical (unpaired) electrons. The largest absolute Gasteiger partial charge is 0.496 e. The number of benzene rings is 1. The Morgan fingerprint density at radius 3 is 2.39 bits per heavy atom. The Hall–Kier alpha value is -2.04. The minimum atomic E-state index is -0.423. The second-order valence-electron chi connectivity index (χ2n) is 4.01. The Balaban J connectivity index is 3.53. The third-order valence-electron chi connectivity index (χ3n) is 2.79. The summed E-state index contributed by atoms with van der Waals surface area (Å²) in [6.45, 7) is 5.17. The first kappa shape index (κ1) is 14.0. The van der Waals surface area contributed by atoms with Gasteiger partial charge in [-0.3, -0.25) is 10.1 Å². The molecule has 0 aliphatic carbocycles. The molecule has 1 aromatic carbocycles. The fourth-order valence-corrected chi connectivity index (χ4v) is 1.80. The zero-order valence-electron chi connectivity index (χ0n) is 11.2. The number of allylic oxidation sites excluding steroid dienone is 1. The van der Waals surface area contributed by atoms with Crippen LogP contribution in [0.25, 0.3) is 6.08 Å². The van der Waals surface area contributed by atoms with Crippen molar-refractivity contribution in [2.24, 2.45) is 0 Å². The zero-order chi connectivity index (χ0) is 13.9. The third-order valence-corrected chi connectivity index (χ3v) is 2.79. The molecule has 0 fully saturated rings. The van der Waals surface area contributed by atoms with Gasteiger partial charge in [-0.1, -0.05) is 0 Å². The summed E-state index contributed by atoms with van der Waals surface area (Å²) in [7, 11) is 3.12. The Labute approximate surface area is 106 Å². The second-order valence-corrected chi connectivity index (χ2v) is 4.01. The van der Waals surface area contributed by atoms with Crippen LogP contribution in [0.1, 0.15) is 23.6 Å². The molecule has 0 aliphatic heterocycles. The van der Waals surface area contributed by atoms with Gasteiger partial charge in [0.05, 0.1) is 19.1 Å². The standard InChI is InChI=1S/C13H17NO4/c1-8-6-12(17-4)10(3)11(13(8)18-5)7-9(2)14(15)16/h6-7H,1-5H3/b9-7+. The maximum absolute atomic E-state index is 10.7. The van der Waals surface area contributed by atoms with Gasteiger partial charge in [-0.25, -0.2) is 0 Å². The third kappa shape index (κ3) is 2.61. The van der Waals surface area contributed by atoms with Crippen LogP contribution in [0.4, 0.5) is 0 Å². The van der Waals surface area contributed by atoms with Crippen LogP contribution in [-0.2, 0) is 0 Å². The van der Waals surface area contributed by atoms with E-state index < -0.39 is 4.92 Å². The Kier molecular flexibility index (Phi) is 4.31. The predicted octanol–water partition coefficient (Wildman–Crippen LogP) is 2.96. The van der Waals surface area contributed by atoms with Crippen LogP contribution in [0.3, 0.4) is 0 Å². The van der Waals surface area contributed by atoms with E-state index in [1.165, 1.54) is 13.0 Å². The Morgan fingerprint density at radius 2 is 1.94 bits per heavy atom. The van der Waals surface area contributed by atoms with Gasteiger partial charge in [0.1, 0.15) is 11.5 Å². The number of hydrogen-bond acceptors (Lipinski definition) is 4. The highest BCUT2D eigenvalue weighted by Gasteiger charge is 2.15. The Morgan fingerprint density at radius 1 is 1.33 bits per heavy atom. The summed E-state index contributed by atoms with van der Waals surface area (Å²) in [6.07, 6.45) is 1.50. The van der Waals surface area contributed by atoms with Crippen LogP contribution in [-0.4, -0.2) is 19.1 Å². The van der Waals surface area contributed by atoms with Crippen molar-refractivity contribution in [1.82, 2.24) is 0 Å². The topological polar surface area (TPSA) is 61.6 Å². The lowest BCUT2D eigenvalue weighted by molar-refractivity contribution is -0.422. The van der Waals surface area contributed by atoms with Crippen LogP contribution in [0, 0.1) is 24.0 Å². The summed E-state index contributed by atoms with van der Waals surface area (Å²) in [5, 5.41) is 10.7. The first-order valence-corrected chi connectivity index (χ1v) is 5.47. The van der Waals surface area contributed by atoms with Crippen LogP contribution < -0.4 is 9.47 Å². The molecule has 0 aromatic heterocycles. The predicted molar refractivity (Wildman–Crippen MR) is 69.7 cm³/mol. The number of nitro groups is 1. The summed E-state index contributed by atoms with van der Waals surface area (Å²) < 4.78 is 10.6. The molecule has 0 spiro atoms. The number of aryl methyl sites for hydroxylation is 1. The van der Waals surface area contributed by atoms with E-state index in [0.717, 1.165) is 11.1 Å². The monoisotopic (exact) mass is 251 g/mol. The minimum Gasteiger partial charge on any atom is -0.496 e. The molecule has 98 valence electrons. The highest BCUT2D eigenvalue weighted by atomic mass is 16.6. The van der Waals surface area contributed by atoms with Crippen LogP contribution in [0.15, 0.2) is 11.8 Å². The quantitative estimate of drug-likeness (QED) is 0.609. The van der Waals surface area contributed by atoms with E-state index in [1.807, 2.05) is 19.9 Å². The smallest absolute Gasteiger partial charge is 0.243 e. The van der Waals surface area contributed by atoms with Crippen LogP contribution in [0.2, 0.25) is 0 Å². The summed E-state index contributed by atoms with van der Waals surface area (Å²) in [5.41, 5.74) is 2.44. The van der Waals surface area contributed by atoms with Crippen molar-refractivity contribution < 1.29 is 14.4 Å². The lowest BCUT2D eigenvalue weighted by atomic mass is 10.0. The number of hydrogen-bond donors (Lipinski definition) is 0. The lowest BCUT2D eigenvalue weighted by Crippen LogP contribution is -2.00. The van der Waals surface area contributed by atoms with E-state index >= 15 is 0 Å². The SMILES string of the molecule is COc1cc(C)c(OC)c(/C=C(\C)[N+](=O)[O-])c1C. The summed E-state index contributed by atoms with van der Waals surface area (Å²) in [5.74, 6) is 1.32. The molecule has 0 N–H and O–H groups in total. The molecule has 0 heterocycles. The van der Waals surface area contributed by atoms with E-state index in [4.69, 9.17) is 9.47 Å². The van der Waals surface area contributed by atoms with Gasteiger partial charge in [-0.15, -0.1) is 0 Å². The van der Waals surface area contributed by atoms with Gasteiger partial charge < -0.3 is 9.47 Å². The summed E-state index contributed by atoms with van der Waals surface area (Å²) in [4.78, 5) is 10.3.